The third kappa shape index (κ3) is 2.48. The van der Waals surface area contributed by atoms with Crippen molar-refractivity contribution in [2.45, 2.75) is 13.1 Å². The molecule has 0 saturated carbocycles. The van der Waals surface area contributed by atoms with E-state index in [0.717, 1.165) is 11.3 Å². The summed E-state index contributed by atoms with van der Waals surface area (Å²) in [6, 6.07) is 4.96. The molecule has 0 fully saturated rings. The highest BCUT2D eigenvalue weighted by molar-refractivity contribution is 9.10. The van der Waals surface area contributed by atoms with Gasteiger partial charge in [0.1, 0.15) is 5.82 Å². The molecule has 0 saturated heterocycles. The Kier molecular flexibility index (Phi) is 3.36. The van der Waals surface area contributed by atoms with Gasteiger partial charge in [0.05, 0.1) is 16.5 Å². The number of rotatable bonds is 3. The summed E-state index contributed by atoms with van der Waals surface area (Å²) in [6.45, 7) is 1.09. The summed E-state index contributed by atoms with van der Waals surface area (Å²) in [5.41, 5.74) is 7.32. The summed E-state index contributed by atoms with van der Waals surface area (Å²) in [7, 11) is 0. The molecule has 0 aliphatic heterocycles. The zero-order valence-electron chi connectivity index (χ0n) is 8.53. The molecule has 0 spiro atoms. The van der Waals surface area contributed by atoms with E-state index in [1.165, 1.54) is 6.07 Å². The van der Waals surface area contributed by atoms with Gasteiger partial charge in [-0.05, 0) is 33.6 Å². The number of imidazole rings is 1. The molecule has 0 aliphatic carbocycles. The Morgan fingerprint density at radius 1 is 1.44 bits per heavy atom. The SMILES string of the molecule is NCc1cn(Cc2ccc(F)c(Br)c2)cn1. The summed E-state index contributed by atoms with van der Waals surface area (Å²) in [5.74, 6) is -0.253. The topological polar surface area (TPSA) is 43.8 Å². The monoisotopic (exact) mass is 283 g/mol. The van der Waals surface area contributed by atoms with E-state index >= 15 is 0 Å². The van der Waals surface area contributed by atoms with Crippen molar-refractivity contribution >= 4 is 15.9 Å². The first-order chi connectivity index (χ1) is 7.69. The first kappa shape index (κ1) is 11.3. The lowest BCUT2D eigenvalue weighted by Crippen LogP contribution is -1.98. The molecule has 1 aromatic heterocycles. The Morgan fingerprint density at radius 2 is 2.25 bits per heavy atom. The zero-order valence-corrected chi connectivity index (χ0v) is 10.1. The van der Waals surface area contributed by atoms with Gasteiger partial charge in [0.25, 0.3) is 0 Å². The van der Waals surface area contributed by atoms with Gasteiger partial charge in [0.15, 0.2) is 0 Å². The first-order valence-corrected chi connectivity index (χ1v) is 5.63. The van der Waals surface area contributed by atoms with Gasteiger partial charge in [0, 0.05) is 19.3 Å². The van der Waals surface area contributed by atoms with E-state index in [1.54, 1.807) is 18.5 Å². The van der Waals surface area contributed by atoms with Crippen LogP contribution < -0.4 is 5.73 Å². The number of hydrogen-bond acceptors (Lipinski definition) is 2. The van der Waals surface area contributed by atoms with Crippen LogP contribution in [0.15, 0.2) is 35.2 Å². The van der Waals surface area contributed by atoms with Crippen LogP contribution in [0.4, 0.5) is 4.39 Å². The van der Waals surface area contributed by atoms with Gasteiger partial charge < -0.3 is 10.3 Å². The Morgan fingerprint density at radius 3 is 2.88 bits per heavy atom. The highest BCUT2D eigenvalue weighted by Crippen LogP contribution is 2.17. The van der Waals surface area contributed by atoms with Crippen LogP contribution in [-0.4, -0.2) is 9.55 Å². The van der Waals surface area contributed by atoms with E-state index in [2.05, 4.69) is 20.9 Å². The maximum absolute atomic E-state index is 13.0. The number of aromatic nitrogens is 2. The summed E-state index contributed by atoms with van der Waals surface area (Å²) < 4.78 is 15.4. The number of halogens is 2. The van der Waals surface area contributed by atoms with Crippen molar-refractivity contribution in [2.24, 2.45) is 5.73 Å². The van der Waals surface area contributed by atoms with Crippen LogP contribution in [0.3, 0.4) is 0 Å². The van der Waals surface area contributed by atoms with Crippen LogP contribution in [0, 0.1) is 5.82 Å². The standard InChI is InChI=1S/C11H11BrFN3/c12-10-3-8(1-2-11(10)13)5-16-6-9(4-14)15-7-16/h1-3,6-7H,4-5,14H2. The maximum Gasteiger partial charge on any atom is 0.137 e. The van der Waals surface area contributed by atoms with Gasteiger partial charge in [0.2, 0.25) is 0 Å². The Balaban J connectivity index is 2.17. The fourth-order valence-electron chi connectivity index (χ4n) is 1.45. The second-order valence-corrected chi connectivity index (χ2v) is 4.34. The molecule has 3 nitrogen and oxygen atoms in total. The summed E-state index contributed by atoms with van der Waals surface area (Å²) in [4.78, 5) is 4.12. The van der Waals surface area contributed by atoms with E-state index in [1.807, 2.05) is 10.8 Å². The minimum Gasteiger partial charge on any atom is -0.333 e. The van der Waals surface area contributed by atoms with E-state index in [0.29, 0.717) is 17.6 Å². The van der Waals surface area contributed by atoms with Gasteiger partial charge in [-0.2, -0.15) is 0 Å². The molecule has 0 aliphatic rings. The number of hydrogen-bond donors (Lipinski definition) is 1. The highest BCUT2D eigenvalue weighted by Gasteiger charge is 2.02. The molecule has 5 heteroatoms. The minimum atomic E-state index is -0.253. The van der Waals surface area contributed by atoms with Gasteiger partial charge >= 0.3 is 0 Å². The maximum atomic E-state index is 13.0. The third-order valence-electron chi connectivity index (χ3n) is 2.25. The van der Waals surface area contributed by atoms with Crippen molar-refractivity contribution in [1.29, 1.82) is 0 Å². The van der Waals surface area contributed by atoms with Crippen LogP contribution in [0.25, 0.3) is 0 Å². The van der Waals surface area contributed by atoms with Crippen LogP contribution in [0.1, 0.15) is 11.3 Å². The summed E-state index contributed by atoms with van der Waals surface area (Å²) >= 11 is 3.16. The van der Waals surface area contributed by atoms with Crippen molar-refractivity contribution in [3.05, 3.63) is 52.3 Å². The average Bonchev–Trinajstić information content (AvgIpc) is 2.71. The zero-order chi connectivity index (χ0) is 11.5. The van der Waals surface area contributed by atoms with Crippen LogP contribution in [0.5, 0.6) is 0 Å². The van der Waals surface area contributed by atoms with E-state index in [-0.39, 0.29) is 5.82 Å². The molecular weight excluding hydrogens is 273 g/mol. The molecule has 1 heterocycles. The van der Waals surface area contributed by atoms with Gasteiger partial charge in [-0.25, -0.2) is 9.37 Å². The van der Waals surface area contributed by atoms with E-state index in [4.69, 9.17) is 5.73 Å². The second kappa shape index (κ2) is 4.76. The van der Waals surface area contributed by atoms with E-state index < -0.39 is 0 Å². The second-order valence-electron chi connectivity index (χ2n) is 3.49. The molecule has 0 bridgehead atoms. The van der Waals surface area contributed by atoms with Crippen molar-refractivity contribution in [1.82, 2.24) is 9.55 Å². The van der Waals surface area contributed by atoms with Crippen molar-refractivity contribution in [3.63, 3.8) is 0 Å². The van der Waals surface area contributed by atoms with Gasteiger partial charge in [-0.1, -0.05) is 6.07 Å². The molecular formula is C11H11BrFN3. The highest BCUT2D eigenvalue weighted by atomic mass is 79.9. The van der Waals surface area contributed by atoms with Crippen LogP contribution in [-0.2, 0) is 13.1 Å². The largest absolute Gasteiger partial charge is 0.333 e. The average molecular weight is 284 g/mol. The molecule has 0 atom stereocenters. The molecule has 84 valence electrons. The molecule has 2 N–H and O–H groups in total. The third-order valence-corrected chi connectivity index (χ3v) is 2.85. The lowest BCUT2D eigenvalue weighted by atomic mass is 10.2. The molecule has 16 heavy (non-hydrogen) atoms. The fourth-order valence-corrected chi connectivity index (χ4v) is 1.87. The molecule has 2 aromatic rings. The Bertz CT molecular complexity index is 496. The summed E-state index contributed by atoms with van der Waals surface area (Å²) in [6.07, 6.45) is 3.61. The Hall–Kier alpha value is -1.20. The molecule has 2 rings (SSSR count). The predicted octanol–water partition coefficient (Wildman–Crippen LogP) is 2.29. The lowest BCUT2D eigenvalue weighted by Gasteiger charge is -2.03. The molecule has 0 amide bonds. The number of benzene rings is 1. The number of nitrogens with zero attached hydrogens (tertiary/aromatic N) is 2. The fraction of sp³-hybridized carbons (Fsp3) is 0.182. The summed E-state index contributed by atoms with van der Waals surface area (Å²) in [5, 5.41) is 0. The smallest absolute Gasteiger partial charge is 0.137 e. The van der Waals surface area contributed by atoms with Crippen molar-refractivity contribution in [3.8, 4) is 0 Å². The lowest BCUT2D eigenvalue weighted by molar-refractivity contribution is 0.619. The van der Waals surface area contributed by atoms with Crippen molar-refractivity contribution < 1.29 is 4.39 Å². The van der Waals surface area contributed by atoms with Crippen LogP contribution >= 0.6 is 15.9 Å². The molecule has 0 unspecified atom stereocenters. The quantitative estimate of drug-likeness (QED) is 0.939. The first-order valence-electron chi connectivity index (χ1n) is 4.83. The molecule has 1 aromatic carbocycles. The molecule has 0 radical (unpaired) electrons. The van der Waals surface area contributed by atoms with Crippen molar-refractivity contribution in [2.75, 3.05) is 0 Å². The Labute approximate surface area is 101 Å². The van der Waals surface area contributed by atoms with E-state index in [9.17, 15) is 4.39 Å². The van der Waals surface area contributed by atoms with Crippen LogP contribution in [0.2, 0.25) is 0 Å². The van der Waals surface area contributed by atoms with Gasteiger partial charge in [-0.15, -0.1) is 0 Å². The number of nitrogens with two attached hydrogens (primary N) is 1. The minimum absolute atomic E-state index is 0.253. The normalized spacial score (nSPS) is 10.7. The van der Waals surface area contributed by atoms with Gasteiger partial charge in [-0.3, -0.25) is 0 Å². The predicted molar refractivity (Wildman–Crippen MR) is 63.3 cm³/mol.